The van der Waals surface area contributed by atoms with Gasteiger partial charge < -0.3 is 9.64 Å². The molecule has 2 aromatic carbocycles. The smallest absolute Gasteiger partial charge is 0.253 e. The molecule has 0 atom stereocenters. The summed E-state index contributed by atoms with van der Waals surface area (Å²) in [6, 6.07) is 12.2. The summed E-state index contributed by atoms with van der Waals surface area (Å²) in [6.07, 6.45) is 2.58. The topological polar surface area (TPSA) is 71.0 Å². The van der Waals surface area contributed by atoms with Crippen LogP contribution in [0.1, 0.15) is 28.8 Å². The highest BCUT2D eigenvalue weighted by Crippen LogP contribution is 2.23. The lowest BCUT2D eigenvalue weighted by atomic mass is 9.95. The normalized spacial score (nSPS) is 14.8. The van der Waals surface area contributed by atoms with Crippen LogP contribution in [-0.4, -0.2) is 43.1 Å². The van der Waals surface area contributed by atoms with Gasteiger partial charge in [0.1, 0.15) is 5.75 Å². The van der Waals surface area contributed by atoms with Crippen LogP contribution in [0.15, 0.2) is 47.6 Å². The van der Waals surface area contributed by atoms with E-state index in [2.05, 4.69) is 10.5 Å². The summed E-state index contributed by atoms with van der Waals surface area (Å²) in [6.45, 7) is 1.02. The van der Waals surface area contributed by atoms with Gasteiger partial charge in [0.25, 0.3) is 5.91 Å². The molecule has 0 bridgehead atoms. The summed E-state index contributed by atoms with van der Waals surface area (Å²) in [7, 11) is 1.57. The molecule has 1 saturated heterocycles. The first kappa shape index (κ1) is 21.1. The number of ether oxygens (including phenoxy) is 1. The fourth-order valence-electron chi connectivity index (χ4n) is 3.17. The van der Waals surface area contributed by atoms with Gasteiger partial charge in [-0.15, -0.1) is 0 Å². The number of halogens is 2. The Labute approximate surface area is 179 Å². The first-order valence-electron chi connectivity index (χ1n) is 9.20. The Morgan fingerprint density at radius 3 is 2.45 bits per heavy atom. The fourth-order valence-corrected chi connectivity index (χ4v) is 3.66. The number of methoxy groups -OCH3 is 1. The number of hydrogen-bond donors (Lipinski definition) is 1. The van der Waals surface area contributed by atoms with Crippen LogP contribution in [0.2, 0.25) is 10.0 Å². The SMILES string of the molecule is COc1cccc(C(=O)N2CCC(C(=O)NN=Cc3c(Cl)cccc3Cl)CC2)c1. The number of hydrazone groups is 1. The second-order valence-electron chi connectivity index (χ2n) is 6.67. The van der Waals surface area contributed by atoms with Crippen LogP contribution in [0.25, 0.3) is 0 Å². The molecule has 152 valence electrons. The van der Waals surface area contributed by atoms with E-state index < -0.39 is 0 Å². The number of nitrogens with one attached hydrogen (secondary N) is 1. The minimum Gasteiger partial charge on any atom is -0.497 e. The Kier molecular flexibility index (Phi) is 7.12. The maximum absolute atomic E-state index is 12.7. The third-order valence-corrected chi connectivity index (χ3v) is 5.50. The van der Waals surface area contributed by atoms with Crippen molar-refractivity contribution in [3.63, 3.8) is 0 Å². The number of likely N-dealkylation sites (tertiary alicyclic amines) is 1. The van der Waals surface area contributed by atoms with Crippen LogP contribution in [0.4, 0.5) is 0 Å². The van der Waals surface area contributed by atoms with Crippen LogP contribution >= 0.6 is 23.2 Å². The molecule has 3 rings (SSSR count). The van der Waals surface area contributed by atoms with Gasteiger partial charge in [-0.2, -0.15) is 5.10 Å². The monoisotopic (exact) mass is 433 g/mol. The molecule has 8 heteroatoms. The zero-order valence-electron chi connectivity index (χ0n) is 15.9. The van der Waals surface area contributed by atoms with E-state index in [0.717, 1.165) is 0 Å². The van der Waals surface area contributed by atoms with Crippen molar-refractivity contribution in [1.82, 2.24) is 10.3 Å². The molecule has 1 aliphatic rings. The van der Waals surface area contributed by atoms with E-state index in [4.69, 9.17) is 27.9 Å². The van der Waals surface area contributed by atoms with Crippen LogP contribution in [0.5, 0.6) is 5.75 Å². The maximum Gasteiger partial charge on any atom is 0.253 e. The highest BCUT2D eigenvalue weighted by molar-refractivity contribution is 6.38. The molecule has 29 heavy (non-hydrogen) atoms. The van der Waals surface area contributed by atoms with E-state index in [0.29, 0.717) is 52.9 Å². The summed E-state index contributed by atoms with van der Waals surface area (Å²) in [5.74, 6) is 0.192. The largest absolute Gasteiger partial charge is 0.497 e. The predicted octanol–water partition coefficient (Wildman–Crippen LogP) is 4.00. The van der Waals surface area contributed by atoms with Gasteiger partial charge in [0, 0.05) is 30.1 Å². The zero-order chi connectivity index (χ0) is 20.8. The number of benzene rings is 2. The third-order valence-electron chi connectivity index (χ3n) is 4.84. The van der Waals surface area contributed by atoms with Crippen LogP contribution in [0.3, 0.4) is 0 Å². The lowest BCUT2D eigenvalue weighted by Crippen LogP contribution is -2.42. The second kappa shape index (κ2) is 9.76. The van der Waals surface area contributed by atoms with Gasteiger partial charge >= 0.3 is 0 Å². The molecule has 0 radical (unpaired) electrons. The van der Waals surface area contributed by atoms with Gasteiger partial charge in [-0.1, -0.05) is 35.3 Å². The van der Waals surface area contributed by atoms with E-state index in [1.54, 1.807) is 54.5 Å². The molecule has 1 fully saturated rings. The first-order valence-corrected chi connectivity index (χ1v) is 9.95. The van der Waals surface area contributed by atoms with Crippen molar-refractivity contribution in [2.45, 2.75) is 12.8 Å². The van der Waals surface area contributed by atoms with Gasteiger partial charge in [0.15, 0.2) is 0 Å². The average Bonchev–Trinajstić information content (AvgIpc) is 2.75. The van der Waals surface area contributed by atoms with Gasteiger partial charge in [-0.3, -0.25) is 9.59 Å². The van der Waals surface area contributed by atoms with Crippen molar-refractivity contribution >= 4 is 41.2 Å². The molecular formula is C21H21Cl2N3O3. The van der Waals surface area contributed by atoms with Crippen molar-refractivity contribution in [2.75, 3.05) is 20.2 Å². The molecule has 2 aromatic rings. The number of piperidine rings is 1. The van der Waals surface area contributed by atoms with Gasteiger partial charge in [-0.05, 0) is 43.2 Å². The first-order chi connectivity index (χ1) is 14.0. The lowest BCUT2D eigenvalue weighted by molar-refractivity contribution is -0.126. The highest BCUT2D eigenvalue weighted by atomic mass is 35.5. The molecule has 0 aromatic heterocycles. The maximum atomic E-state index is 12.7. The number of amides is 2. The number of carbonyl (C=O) groups excluding carboxylic acids is 2. The van der Waals surface area contributed by atoms with Crippen molar-refractivity contribution in [2.24, 2.45) is 11.0 Å². The van der Waals surface area contributed by atoms with Gasteiger partial charge in [0.2, 0.25) is 5.91 Å². The quantitative estimate of drug-likeness (QED) is 0.571. The Balaban J connectivity index is 1.53. The number of nitrogens with zero attached hydrogens (tertiary/aromatic N) is 2. The molecule has 2 amide bonds. The van der Waals surface area contributed by atoms with Crippen LogP contribution in [-0.2, 0) is 4.79 Å². The Morgan fingerprint density at radius 1 is 1.14 bits per heavy atom. The van der Waals surface area contributed by atoms with E-state index in [-0.39, 0.29) is 17.7 Å². The summed E-state index contributed by atoms with van der Waals surface area (Å²) < 4.78 is 5.17. The minimum atomic E-state index is -0.205. The molecule has 0 saturated carbocycles. The number of rotatable bonds is 5. The van der Waals surface area contributed by atoms with Crippen molar-refractivity contribution < 1.29 is 14.3 Å². The molecule has 1 aliphatic heterocycles. The van der Waals surface area contributed by atoms with Gasteiger partial charge in [-0.25, -0.2) is 5.43 Å². The molecule has 0 aliphatic carbocycles. The predicted molar refractivity (Wildman–Crippen MR) is 114 cm³/mol. The number of hydrogen-bond acceptors (Lipinski definition) is 4. The molecular weight excluding hydrogens is 413 g/mol. The summed E-state index contributed by atoms with van der Waals surface area (Å²) in [5.41, 5.74) is 3.67. The van der Waals surface area contributed by atoms with Crippen LogP contribution < -0.4 is 10.2 Å². The molecule has 0 unspecified atom stereocenters. The minimum absolute atomic E-state index is 0.0610. The van der Waals surface area contributed by atoms with E-state index >= 15 is 0 Å². The Morgan fingerprint density at radius 2 is 1.79 bits per heavy atom. The summed E-state index contributed by atoms with van der Waals surface area (Å²) in [5, 5.41) is 4.89. The zero-order valence-corrected chi connectivity index (χ0v) is 17.4. The average molecular weight is 434 g/mol. The fraction of sp³-hybridized carbons (Fsp3) is 0.286. The molecule has 0 spiro atoms. The molecule has 1 N–H and O–H groups in total. The van der Waals surface area contributed by atoms with E-state index in [1.165, 1.54) is 6.21 Å². The Bertz CT molecular complexity index is 905. The van der Waals surface area contributed by atoms with Crippen molar-refractivity contribution in [3.8, 4) is 5.75 Å². The Hall–Kier alpha value is -2.57. The van der Waals surface area contributed by atoms with Crippen molar-refractivity contribution in [3.05, 3.63) is 63.6 Å². The highest BCUT2D eigenvalue weighted by Gasteiger charge is 2.27. The van der Waals surface area contributed by atoms with E-state index in [1.807, 2.05) is 0 Å². The summed E-state index contributed by atoms with van der Waals surface area (Å²) in [4.78, 5) is 26.8. The van der Waals surface area contributed by atoms with Gasteiger partial charge in [0.05, 0.1) is 23.4 Å². The molecule has 1 heterocycles. The second-order valence-corrected chi connectivity index (χ2v) is 7.48. The standard InChI is InChI=1S/C21H21Cl2N3O3/c1-29-16-5-2-4-15(12-16)21(28)26-10-8-14(9-11-26)20(27)25-24-13-17-18(22)6-3-7-19(17)23/h2-7,12-14H,8-11H2,1H3,(H,25,27). The third kappa shape index (κ3) is 5.28. The van der Waals surface area contributed by atoms with E-state index in [9.17, 15) is 9.59 Å². The lowest BCUT2D eigenvalue weighted by Gasteiger charge is -2.31. The number of carbonyl (C=O) groups is 2. The van der Waals surface area contributed by atoms with Crippen molar-refractivity contribution in [1.29, 1.82) is 0 Å². The summed E-state index contributed by atoms with van der Waals surface area (Å²) >= 11 is 12.2. The molecule has 6 nitrogen and oxygen atoms in total. The van der Waals surface area contributed by atoms with Crippen LogP contribution in [0, 0.1) is 5.92 Å².